The summed E-state index contributed by atoms with van der Waals surface area (Å²) >= 11 is 0. The SMILES string of the molecule is CS(=O)(=O)N(CCc1ccccc1)CC(=O)NN=Cc1ccccc1OCc1ccccc1. The van der Waals surface area contributed by atoms with E-state index >= 15 is 0 Å². The highest BCUT2D eigenvalue weighted by Gasteiger charge is 2.19. The lowest BCUT2D eigenvalue weighted by Gasteiger charge is -2.18. The van der Waals surface area contributed by atoms with Crippen molar-refractivity contribution in [1.29, 1.82) is 0 Å². The Hall–Kier alpha value is -3.49. The van der Waals surface area contributed by atoms with Crippen molar-refractivity contribution in [3.63, 3.8) is 0 Å². The first-order valence-electron chi connectivity index (χ1n) is 10.5. The minimum absolute atomic E-state index is 0.205. The monoisotopic (exact) mass is 465 g/mol. The van der Waals surface area contributed by atoms with Gasteiger partial charge < -0.3 is 4.74 Å². The number of hydrogen-bond donors (Lipinski definition) is 1. The van der Waals surface area contributed by atoms with E-state index < -0.39 is 15.9 Å². The molecule has 3 aromatic rings. The number of carbonyl (C=O) groups is 1. The van der Waals surface area contributed by atoms with Crippen molar-refractivity contribution in [2.24, 2.45) is 5.10 Å². The van der Waals surface area contributed by atoms with Crippen LogP contribution in [0.5, 0.6) is 5.75 Å². The van der Waals surface area contributed by atoms with Gasteiger partial charge in [0.1, 0.15) is 12.4 Å². The molecule has 0 aromatic heterocycles. The van der Waals surface area contributed by atoms with Crippen LogP contribution in [0, 0.1) is 0 Å². The molecule has 0 heterocycles. The first kappa shape index (κ1) is 24.2. The van der Waals surface area contributed by atoms with E-state index in [1.165, 1.54) is 6.21 Å². The predicted octanol–water partition coefficient (Wildman–Crippen LogP) is 3.22. The average molecular weight is 466 g/mol. The van der Waals surface area contributed by atoms with Crippen LogP contribution in [-0.2, 0) is 27.8 Å². The molecule has 1 N–H and O–H groups in total. The molecule has 0 bridgehead atoms. The van der Waals surface area contributed by atoms with Gasteiger partial charge in [0.15, 0.2) is 0 Å². The minimum Gasteiger partial charge on any atom is -0.488 e. The fourth-order valence-electron chi connectivity index (χ4n) is 3.08. The van der Waals surface area contributed by atoms with Crippen LogP contribution in [0.2, 0.25) is 0 Å². The van der Waals surface area contributed by atoms with Gasteiger partial charge in [-0.15, -0.1) is 0 Å². The van der Waals surface area contributed by atoms with Crippen LogP contribution in [0.1, 0.15) is 16.7 Å². The lowest BCUT2D eigenvalue weighted by atomic mass is 10.1. The van der Waals surface area contributed by atoms with Gasteiger partial charge in [0.25, 0.3) is 5.91 Å². The van der Waals surface area contributed by atoms with Crippen LogP contribution >= 0.6 is 0 Å². The summed E-state index contributed by atoms with van der Waals surface area (Å²) in [4.78, 5) is 12.3. The van der Waals surface area contributed by atoms with Crippen molar-refractivity contribution in [3.05, 3.63) is 102 Å². The second-order valence-electron chi connectivity index (χ2n) is 7.44. The van der Waals surface area contributed by atoms with Gasteiger partial charge in [-0.1, -0.05) is 72.8 Å². The molecule has 0 saturated heterocycles. The number of rotatable bonds is 11. The van der Waals surface area contributed by atoms with E-state index in [1.54, 1.807) is 0 Å². The van der Waals surface area contributed by atoms with Crippen molar-refractivity contribution < 1.29 is 17.9 Å². The number of benzene rings is 3. The summed E-state index contributed by atoms with van der Waals surface area (Å²) < 4.78 is 31.2. The number of para-hydroxylation sites is 1. The Kier molecular flexibility index (Phi) is 8.74. The van der Waals surface area contributed by atoms with Gasteiger partial charge in [0.05, 0.1) is 19.0 Å². The Bertz CT molecular complexity index is 1170. The van der Waals surface area contributed by atoms with E-state index in [9.17, 15) is 13.2 Å². The van der Waals surface area contributed by atoms with Crippen LogP contribution in [0.3, 0.4) is 0 Å². The fraction of sp³-hybridized carbons (Fsp3) is 0.200. The van der Waals surface area contributed by atoms with E-state index in [0.29, 0.717) is 24.3 Å². The second-order valence-corrected chi connectivity index (χ2v) is 9.42. The van der Waals surface area contributed by atoms with Gasteiger partial charge in [-0.25, -0.2) is 13.8 Å². The quantitative estimate of drug-likeness (QED) is 0.348. The number of ether oxygens (including phenoxy) is 1. The molecule has 8 heteroatoms. The van der Waals surface area contributed by atoms with Gasteiger partial charge in [-0.3, -0.25) is 4.79 Å². The maximum atomic E-state index is 12.3. The van der Waals surface area contributed by atoms with Gasteiger partial charge in [0.2, 0.25) is 10.0 Å². The molecule has 33 heavy (non-hydrogen) atoms. The summed E-state index contributed by atoms with van der Waals surface area (Å²) in [5, 5.41) is 3.98. The third-order valence-electron chi connectivity index (χ3n) is 4.83. The predicted molar refractivity (Wildman–Crippen MR) is 130 cm³/mol. The molecule has 0 aliphatic heterocycles. The molecule has 0 fully saturated rings. The highest BCUT2D eigenvalue weighted by molar-refractivity contribution is 7.88. The zero-order chi connectivity index (χ0) is 23.5. The van der Waals surface area contributed by atoms with E-state index in [1.807, 2.05) is 84.9 Å². The number of amides is 1. The Morgan fingerprint density at radius 3 is 2.21 bits per heavy atom. The molecule has 3 aromatic carbocycles. The number of hydrogen-bond acceptors (Lipinski definition) is 5. The highest BCUT2D eigenvalue weighted by Crippen LogP contribution is 2.17. The fourth-order valence-corrected chi connectivity index (χ4v) is 3.86. The molecule has 1 amide bonds. The first-order valence-corrected chi connectivity index (χ1v) is 12.3. The highest BCUT2D eigenvalue weighted by atomic mass is 32.2. The summed E-state index contributed by atoms with van der Waals surface area (Å²) in [6.07, 6.45) is 3.08. The number of nitrogens with one attached hydrogen (secondary N) is 1. The maximum Gasteiger partial charge on any atom is 0.255 e. The zero-order valence-corrected chi connectivity index (χ0v) is 19.2. The lowest BCUT2D eigenvalue weighted by Crippen LogP contribution is -2.40. The van der Waals surface area contributed by atoms with Crippen molar-refractivity contribution >= 4 is 22.1 Å². The Morgan fingerprint density at radius 1 is 0.939 bits per heavy atom. The molecule has 0 atom stereocenters. The summed E-state index contributed by atoms with van der Waals surface area (Å²) in [5.74, 6) is 0.104. The average Bonchev–Trinajstić information content (AvgIpc) is 2.82. The Morgan fingerprint density at radius 2 is 1.55 bits per heavy atom. The normalized spacial score (nSPS) is 11.6. The number of nitrogens with zero attached hydrogens (tertiary/aromatic N) is 2. The van der Waals surface area contributed by atoms with Crippen LogP contribution in [0.4, 0.5) is 0 Å². The molecule has 3 rings (SSSR count). The van der Waals surface area contributed by atoms with Crippen LogP contribution < -0.4 is 10.2 Å². The third kappa shape index (κ3) is 8.17. The van der Waals surface area contributed by atoms with Crippen molar-refractivity contribution in [2.75, 3.05) is 19.3 Å². The summed E-state index contributed by atoms with van der Waals surface area (Å²) in [5.41, 5.74) is 5.13. The lowest BCUT2D eigenvalue weighted by molar-refractivity contribution is -0.121. The molecule has 0 radical (unpaired) electrons. The molecule has 0 unspecified atom stereocenters. The van der Waals surface area contributed by atoms with E-state index in [2.05, 4.69) is 10.5 Å². The van der Waals surface area contributed by atoms with E-state index in [-0.39, 0.29) is 13.1 Å². The van der Waals surface area contributed by atoms with Gasteiger partial charge >= 0.3 is 0 Å². The smallest absolute Gasteiger partial charge is 0.255 e. The molecular formula is C25H27N3O4S. The maximum absolute atomic E-state index is 12.3. The molecule has 0 spiro atoms. The summed E-state index contributed by atoms with van der Waals surface area (Å²) in [6.45, 7) is 0.300. The van der Waals surface area contributed by atoms with Crippen LogP contribution in [0.25, 0.3) is 0 Å². The zero-order valence-electron chi connectivity index (χ0n) is 18.4. The molecule has 0 aliphatic rings. The molecule has 7 nitrogen and oxygen atoms in total. The van der Waals surface area contributed by atoms with Crippen molar-refractivity contribution in [1.82, 2.24) is 9.73 Å². The van der Waals surface area contributed by atoms with Crippen molar-refractivity contribution in [2.45, 2.75) is 13.0 Å². The minimum atomic E-state index is -3.55. The third-order valence-corrected chi connectivity index (χ3v) is 6.08. The number of sulfonamides is 1. The second kappa shape index (κ2) is 11.9. The van der Waals surface area contributed by atoms with Crippen LogP contribution in [0.15, 0.2) is 90.0 Å². The summed E-state index contributed by atoms with van der Waals surface area (Å²) in [6, 6.07) is 26.6. The Labute approximate surface area is 194 Å². The molecule has 0 saturated carbocycles. The Balaban J connectivity index is 1.56. The molecular weight excluding hydrogens is 438 g/mol. The molecule has 172 valence electrons. The number of carbonyl (C=O) groups excluding carboxylic acids is 1. The molecule has 0 aliphatic carbocycles. The van der Waals surface area contributed by atoms with E-state index in [0.717, 1.165) is 21.7 Å². The summed E-state index contributed by atoms with van der Waals surface area (Å²) in [7, 11) is -3.55. The largest absolute Gasteiger partial charge is 0.488 e. The first-order chi connectivity index (χ1) is 15.9. The topological polar surface area (TPSA) is 88.1 Å². The van der Waals surface area contributed by atoms with Crippen LogP contribution in [-0.4, -0.2) is 44.2 Å². The van der Waals surface area contributed by atoms with Gasteiger partial charge in [-0.2, -0.15) is 9.41 Å². The van der Waals surface area contributed by atoms with Gasteiger partial charge in [-0.05, 0) is 29.7 Å². The van der Waals surface area contributed by atoms with E-state index in [4.69, 9.17) is 4.74 Å². The van der Waals surface area contributed by atoms with Crippen molar-refractivity contribution in [3.8, 4) is 5.75 Å². The number of hydrazone groups is 1. The van der Waals surface area contributed by atoms with Gasteiger partial charge in [0, 0.05) is 12.1 Å². The standard InChI is InChI=1S/C25H27N3O4S/c1-33(30,31)28(17-16-21-10-4-2-5-11-21)19-25(29)27-26-18-23-14-8-9-15-24(23)32-20-22-12-6-3-7-13-22/h2-15,18H,16-17,19-20H2,1H3,(H,27,29).